The van der Waals surface area contributed by atoms with Gasteiger partial charge in [-0.3, -0.25) is 10.1 Å². The number of rotatable bonds is 4. The Morgan fingerprint density at radius 2 is 1.90 bits per heavy atom. The monoisotopic (exact) mass is 398 g/mol. The van der Waals surface area contributed by atoms with Crippen LogP contribution in [-0.2, 0) is 6.42 Å². The molecular formula is C14H12Br2N2O2. The van der Waals surface area contributed by atoms with Gasteiger partial charge in [0.25, 0.3) is 5.69 Å². The van der Waals surface area contributed by atoms with Gasteiger partial charge in [-0.2, -0.15) is 0 Å². The smallest absolute Gasteiger partial charge is 0.272 e. The summed E-state index contributed by atoms with van der Waals surface area (Å²) in [5, 5.41) is 11.0. The number of para-hydroxylation sites is 1. The number of nitrogens with two attached hydrogens (primary N) is 1. The highest BCUT2D eigenvalue weighted by molar-refractivity contribution is 9.11. The maximum Gasteiger partial charge on any atom is 0.272 e. The van der Waals surface area contributed by atoms with E-state index in [1.54, 1.807) is 18.2 Å². The molecule has 0 aliphatic heterocycles. The van der Waals surface area contributed by atoms with E-state index in [0.717, 1.165) is 14.5 Å². The molecule has 20 heavy (non-hydrogen) atoms. The van der Waals surface area contributed by atoms with Crippen molar-refractivity contribution in [2.24, 2.45) is 5.73 Å². The summed E-state index contributed by atoms with van der Waals surface area (Å²) in [7, 11) is 0. The summed E-state index contributed by atoms with van der Waals surface area (Å²) in [6, 6.07) is 12.1. The minimum atomic E-state index is -0.377. The number of nitro benzene ring substituents is 1. The molecule has 0 aliphatic rings. The third-order valence-electron chi connectivity index (χ3n) is 2.99. The van der Waals surface area contributed by atoms with Gasteiger partial charge >= 0.3 is 0 Å². The molecule has 0 fully saturated rings. The summed E-state index contributed by atoms with van der Waals surface area (Å²) in [5.41, 5.74) is 7.85. The highest BCUT2D eigenvalue weighted by Gasteiger charge is 2.17. The van der Waals surface area contributed by atoms with E-state index in [1.165, 1.54) is 6.07 Å². The lowest BCUT2D eigenvalue weighted by atomic mass is 9.99. The van der Waals surface area contributed by atoms with Gasteiger partial charge in [-0.05, 0) is 30.2 Å². The number of nitrogens with zero attached hydrogens (tertiary/aromatic N) is 1. The van der Waals surface area contributed by atoms with E-state index < -0.39 is 0 Å². The van der Waals surface area contributed by atoms with Gasteiger partial charge in [0.2, 0.25) is 0 Å². The van der Waals surface area contributed by atoms with Crippen LogP contribution in [0.2, 0.25) is 0 Å². The standard InChI is InChI=1S/C14H12Br2N2O2/c15-10-5-6-12(16)11(8-10)13(17)7-9-3-1-2-4-14(9)18(19)20/h1-6,8,13H,7,17H2. The minimum absolute atomic E-state index is 0.106. The molecular weight excluding hydrogens is 388 g/mol. The molecule has 2 aromatic rings. The van der Waals surface area contributed by atoms with Crippen LogP contribution in [0.15, 0.2) is 51.4 Å². The molecule has 6 heteroatoms. The third-order valence-corrected chi connectivity index (χ3v) is 4.20. The fraction of sp³-hybridized carbons (Fsp3) is 0.143. The summed E-state index contributed by atoms with van der Waals surface area (Å²) in [4.78, 5) is 10.6. The summed E-state index contributed by atoms with van der Waals surface area (Å²) in [6.07, 6.45) is 0.409. The fourth-order valence-electron chi connectivity index (χ4n) is 2.01. The Hall–Kier alpha value is -1.24. The zero-order chi connectivity index (χ0) is 14.7. The van der Waals surface area contributed by atoms with E-state index in [4.69, 9.17) is 5.73 Å². The Morgan fingerprint density at radius 1 is 1.20 bits per heavy atom. The van der Waals surface area contributed by atoms with Gasteiger partial charge in [-0.1, -0.05) is 50.1 Å². The van der Waals surface area contributed by atoms with E-state index >= 15 is 0 Å². The predicted molar refractivity (Wildman–Crippen MR) is 85.6 cm³/mol. The molecule has 0 spiro atoms. The molecule has 2 aromatic carbocycles. The second-order valence-electron chi connectivity index (χ2n) is 4.36. The summed E-state index contributed by atoms with van der Waals surface area (Å²) in [6.45, 7) is 0. The van der Waals surface area contributed by atoms with Crippen molar-refractivity contribution in [3.8, 4) is 0 Å². The van der Waals surface area contributed by atoms with Crippen molar-refractivity contribution in [3.63, 3.8) is 0 Å². The lowest BCUT2D eigenvalue weighted by molar-refractivity contribution is -0.385. The second-order valence-corrected chi connectivity index (χ2v) is 6.13. The van der Waals surface area contributed by atoms with E-state index in [1.807, 2.05) is 18.2 Å². The van der Waals surface area contributed by atoms with Crippen molar-refractivity contribution >= 4 is 37.5 Å². The van der Waals surface area contributed by atoms with Gasteiger partial charge in [0.05, 0.1) is 4.92 Å². The molecule has 0 saturated heterocycles. The Morgan fingerprint density at radius 3 is 2.60 bits per heavy atom. The van der Waals surface area contributed by atoms with Crippen LogP contribution in [0.5, 0.6) is 0 Å². The largest absolute Gasteiger partial charge is 0.324 e. The van der Waals surface area contributed by atoms with Crippen LogP contribution in [0.25, 0.3) is 0 Å². The maximum atomic E-state index is 11.0. The van der Waals surface area contributed by atoms with Gasteiger partial charge in [0.1, 0.15) is 0 Å². The molecule has 2 N–H and O–H groups in total. The molecule has 104 valence electrons. The zero-order valence-corrected chi connectivity index (χ0v) is 13.6. The SMILES string of the molecule is NC(Cc1ccccc1[N+](=O)[O-])c1cc(Br)ccc1Br. The van der Waals surface area contributed by atoms with E-state index in [9.17, 15) is 10.1 Å². The average Bonchev–Trinajstić information content (AvgIpc) is 2.41. The summed E-state index contributed by atoms with van der Waals surface area (Å²) < 4.78 is 1.82. The van der Waals surface area contributed by atoms with Crippen molar-refractivity contribution in [2.45, 2.75) is 12.5 Å². The van der Waals surface area contributed by atoms with Crippen molar-refractivity contribution in [1.29, 1.82) is 0 Å². The molecule has 1 atom stereocenters. The number of halogens is 2. The first-order valence-electron chi connectivity index (χ1n) is 5.92. The van der Waals surface area contributed by atoms with Crippen LogP contribution in [-0.4, -0.2) is 4.92 Å². The number of hydrogen-bond donors (Lipinski definition) is 1. The van der Waals surface area contributed by atoms with Crippen LogP contribution in [0.4, 0.5) is 5.69 Å². The fourth-order valence-corrected chi connectivity index (χ4v) is 2.93. The second kappa shape index (κ2) is 6.47. The number of nitro groups is 1. The summed E-state index contributed by atoms with van der Waals surface area (Å²) in [5.74, 6) is 0. The van der Waals surface area contributed by atoms with Crippen molar-refractivity contribution in [1.82, 2.24) is 0 Å². The van der Waals surface area contributed by atoms with Crippen LogP contribution < -0.4 is 5.73 Å². The first kappa shape index (κ1) is 15.2. The third kappa shape index (κ3) is 3.45. The van der Waals surface area contributed by atoms with Gasteiger partial charge in [-0.15, -0.1) is 0 Å². The molecule has 0 bridgehead atoms. The van der Waals surface area contributed by atoms with Gasteiger partial charge in [-0.25, -0.2) is 0 Å². The lowest BCUT2D eigenvalue weighted by Crippen LogP contribution is -2.14. The van der Waals surface area contributed by atoms with Crippen molar-refractivity contribution in [3.05, 3.63) is 72.7 Å². The summed E-state index contributed by atoms with van der Waals surface area (Å²) >= 11 is 6.86. The molecule has 0 aromatic heterocycles. The molecule has 0 saturated carbocycles. The van der Waals surface area contributed by atoms with Crippen molar-refractivity contribution in [2.75, 3.05) is 0 Å². The molecule has 0 amide bonds. The topological polar surface area (TPSA) is 69.2 Å². The zero-order valence-electron chi connectivity index (χ0n) is 10.4. The van der Waals surface area contributed by atoms with Crippen LogP contribution in [0.1, 0.15) is 17.2 Å². The van der Waals surface area contributed by atoms with E-state index in [0.29, 0.717) is 12.0 Å². The van der Waals surface area contributed by atoms with Crippen LogP contribution >= 0.6 is 31.9 Å². The number of benzene rings is 2. The van der Waals surface area contributed by atoms with Gasteiger partial charge < -0.3 is 5.73 Å². The predicted octanol–water partition coefficient (Wildman–Crippen LogP) is 4.36. The highest BCUT2D eigenvalue weighted by Crippen LogP contribution is 2.29. The molecule has 2 rings (SSSR count). The van der Waals surface area contributed by atoms with Gasteiger partial charge in [0, 0.05) is 26.6 Å². The first-order chi connectivity index (χ1) is 9.49. The Labute approximate surface area is 133 Å². The number of hydrogen-bond acceptors (Lipinski definition) is 3. The quantitative estimate of drug-likeness (QED) is 0.613. The molecule has 0 aliphatic carbocycles. The lowest BCUT2D eigenvalue weighted by Gasteiger charge is -2.14. The van der Waals surface area contributed by atoms with Gasteiger partial charge in [0.15, 0.2) is 0 Å². The van der Waals surface area contributed by atoms with Crippen molar-refractivity contribution < 1.29 is 4.92 Å². The first-order valence-corrected chi connectivity index (χ1v) is 7.50. The average molecular weight is 400 g/mol. The van der Waals surface area contributed by atoms with E-state index in [-0.39, 0.29) is 16.7 Å². The molecule has 0 radical (unpaired) electrons. The maximum absolute atomic E-state index is 11.0. The Balaban J connectivity index is 2.30. The Kier molecular flexibility index (Phi) is 4.91. The van der Waals surface area contributed by atoms with Crippen LogP contribution in [0, 0.1) is 10.1 Å². The van der Waals surface area contributed by atoms with Crippen LogP contribution in [0.3, 0.4) is 0 Å². The normalized spacial score (nSPS) is 12.2. The highest BCUT2D eigenvalue weighted by atomic mass is 79.9. The molecule has 1 unspecified atom stereocenters. The minimum Gasteiger partial charge on any atom is -0.324 e. The molecule has 0 heterocycles. The van der Waals surface area contributed by atoms with E-state index in [2.05, 4.69) is 31.9 Å². The molecule has 4 nitrogen and oxygen atoms in total. The Bertz CT molecular complexity index is 647.